The second-order valence-electron chi connectivity index (χ2n) is 6.28. The van der Waals surface area contributed by atoms with Crippen LogP contribution in [-0.4, -0.2) is 59.6 Å². The van der Waals surface area contributed by atoms with E-state index in [1.165, 1.54) is 38.5 Å². The molecule has 0 saturated carbocycles. The summed E-state index contributed by atoms with van der Waals surface area (Å²) in [6.45, 7) is 2.53. The van der Waals surface area contributed by atoms with Gasteiger partial charge in [-0.25, -0.2) is 0 Å². The van der Waals surface area contributed by atoms with Gasteiger partial charge in [0.05, 0.1) is 13.2 Å². The highest BCUT2D eigenvalue weighted by molar-refractivity contribution is 4.88. The summed E-state index contributed by atoms with van der Waals surface area (Å²) in [5.41, 5.74) is 0. The molecule has 0 unspecified atom stereocenters. The topological polar surface area (TPSA) is 79.2 Å². The van der Waals surface area contributed by atoms with E-state index in [2.05, 4.69) is 19.1 Å². The Kier molecular flexibility index (Phi) is 11.5. The molecule has 1 fully saturated rings. The minimum absolute atomic E-state index is 0.273. The molecule has 0 spiro atoms. The van der Waals surface area contributed by atoms with E-state index in [4.69, 9.17) is 14.6 Å². The molecule has 0 aromatic rings. The van der Waals surface area contributed by atoms with Crippen LogP contribution in [0.4, 0.5) is 0 Å². The standard InChI is InChI=1S/C18H34O5/c1-2-3-4-5-6-7-8-9-10-11-12-22-16-14-23-18(17(16)21)15(20)13-19/h2-3,15-21H,4-14H2,1H3/b3-2+/t15-,16+,17-,18-/m0/s1. The monoisotopic (exact) mass is 330 g/mol. The predicted molar refractivity (Wildman–Crippen MR) is 90.3 cm³/mol. The van der Waals surface area contributed by atoms with Gasteiger partial charge in [-0.15, -0.1) is 0 Å². The summed E-state index contributed by atoms with van der Waals surface area (Å²) in [6.07, 6.45) is 11.0. The van der Waals surface area contributed by atoms with Crippen LogP contribution in [0.25, 0.3) is 0 Å². The summed E-state index contributed by atoms with van der Waals surface area (Å²) in [6, 6.07) is 0. The Labute approximate surface area is 140 Å². The van der Waals surface area contributed by atoms with Crippen molar-refractivity contribution < 1.29 is 24.8 Å². The van der Waals surface area contributed by atoms with Crippen LogP contribution >= 0.6 is 0 Å². The minimum Gasteiger partial charge on any atom is -0.394 e. The Morgan fingerprint density at radius 3 is 2.43 bits per heavy atom. The van der Waals surface area contributed by atoms with Crippen molar-refractivity contribution >= 4 is 0 Å². The minimum atomic E-state index is -1.05. The quantitative estimate of drug-likeness (QED) is 0.356. The van der Waals surface area contributed by atoms with Gasteiger partial charge in [-0.1, -0.05) is 44.3 Å². The lowest BCUT2D eigenvalue weighted by Crippen LogP contribution is -2.41. The first-order valence-corrected chi connectivity index (χ1v) is 9.02. The average molecular weight is 330 g/mol. The van der Waals surface area contributed by atoms with Crippen LogP contribution in [0.3, 0.4) is 0 Å². The molecule has 5 nitrogen and oxygen atoms in total. The van der Waals surface area contributed by atoms with Crippen LogP contribution in [-0.2, 0) is 9.47 Å². The number of aliphatic hydroxyl groups excluding tert-OH is 3. The van der Waals surface area contributed by atoms with E-state index in [1.807, 2.05) is 0 Å². The van der Waals surface area contributed by atoms with Gasteiger partial charge in [0, 0.05) is 6.61 Å². The molecule has 0 radical (unpaired) electrons. The van der Waals surface area contributed by atoms with E-state index in [9.17, 15) is 10.2 Å². The summed E-state index contributed by atoms with van der Waals surface area (Å²) in [4.78, 5) is 0. The van der Waals surface area contributed by atoms with Crippen LogP contribution in [0.5, 0.6) is 0 Å². The van der Waals surface area contributed by atoms with Crippen molar-refractivity contribution in [3.05, 3.63) is 12.2 Å². The average Bonchev–Trinajstić information content (AvgIpc) is 2.93. The van der Waals surface area contributed by atoms with Crippen molar-refractivity contribution in [2.24, 2.45) is 0 Å². The fourth-order valence-corrected chi connectivity index (χ4v) is 2.85. The van der Waals surface area contributed by atoms with Crippen molar-refractivity contribution in [3.8, 4) is 0 Å². The van der Waals surface area contributed by atoms with E-state index in [1.54, 1.807) is 0 Å². The van der Waals surface area contributed by atoms with Gasteiger partial charge in [0.1, 0.15) is 24.4 Å². The second-order valence-corrected chi connectivity index (χ2v) is 6.28. The molecule has 0 amide bonds. The molecule has 0 bridgehead atoms. The van der Waals surface area contributed by atoms with Crippen molar-refractivity contribution in [3.63, 3.8) is 0 Å². The molecule has 1 saturated heterocycles. The van der Waals surface area contributed by atoms with E-state index >= 15 is 0 Å². The van der Waals surface area contributed by atoms with Gasteiger partial charge in [0.15, 0.2) is 0 Å². The SMILES string of the molecule is C/C=C/CCCCCCCCCO[C@@H]1CO[C@@H]([C@@H](O)CO)[C@H]1O. The molecule has 3 N–H and O–H groups in total. The van der Waals surface area contributed by atoms with Crippen LogP contribution in [0.2, 0.25) is 0 Å². The molecule has 136 valence electrons. The Hall–Kier alpha value is -0.460. The molecule has 1 aliphatic rings. The fourth-order valence-electron chi connectivity index (χ4n) is 2.85. The molecule has 4 atom stereocenters. The number of allylic oxidation sites excluding steroid dienone is 2. The van der Waals surface area contributed by atoms with Gasteiger partial charge in [0.25, 0.3) is 0 Å². The molecule has 0 aliphatic carbocycles. The van der Waals surface area contributed by atoms with Crippen LogP contribution in [0, 0.1) is 0 Å². The van der Waals surface area contributed by atoms with Gasteiger partial charge < -0.3 is 24.8 Å². The zero-order chi connectivity index (χ0) is 16.9. The smallest absolute Gasteiger partial charge is 0.114 e. The van der Waals surface area contributed by atoms with Crippen LogP contribution < -0.4 is 0 Å². The molecule has 1 aliphatic heterocycles. The first-order chi connectivity index (χ1) is 11.2. The number of ether oxygens (including phenoxy) is 2. The molecular weight excluding hydrogens is 296 g/mol. The summed E-state index contributed by atoms with van der Waals surface area (Å²) in [5.74, 6) is 0. The highest BCUT2D eigenvalue weighted by Gasteiger charge is 2.40. The zero-order valence-electron chi connectivity index (χ0n) is 14.4. The number of hydrogen-bond acceptors (Lipinski definition) is 5. The van der Waals surface area contributed by atoms with Crippen molar-refractivity contribution in [2.45, 2.75) is 82.7 Å². The van der Waals surface area contributed by atoms with E-state index in [0.717, 1.165) is 12.8 Å². The van der Waals surface area contributed by atoms with E-state index in [-0.39, 0.29) is 6.61 Å². The van der Waals surface area contributed by atoms with Gasteiger partial charge in [-0.3, -0.25) is 0 Å². The normalized spacial score (nSPS) is 26.2. The van der Waals surface area contributed by atoms with Crippen LogP contribution in [0.1, 0.15) is 58.3 Å². The molecule has 0 aromatic heterocycles. The Morgan fingerprint density at radius 1 is 1.13 bits per heavy atom. The molecular formula is C18H34O5. The highest BCUT2D eigenvalue weighted by Crippen LogP contribution is 2.20. The van der Waals surface area contributed by atoms with Crippen molar-refractivity contribution in [1.82, 2.24) is 0 Å². The lowest BCUT2D eigenvalue weighted by Gasteiger charge is -2.20. The zero-order valence-corrected chi connectivity index (χ0v) is 14.4. The lowest BCUT2D eigenvalue weighted by molar-refractivity contribution is -0.0730. The maximum atomic E-state index is 9.99. The number of aliphatic hydroxyl groups is 3. The van der Waals surface area contributed by atoms with Crippen LogP contribution in [0.15, 0.2) is 12.2 Å². The third kappa shape index (κ3) is 8.27. The third-order valence-electron chi connectivity index (χ3n) is 4.32. The summed E-state index contributed by atoms with van der Waals surface area (Å²) in [7, 11) is 0. The maximum absolute atomic E-state index is 9.99. The number of hydrogen-bond donors (Lipinski definition) is 3. The molecule has 5 heteroatoms. The predicted octanol–water partition coefficient (Wildman–Crippen LogP) is 2.18. The second kappa shape index (κ2) is 12.9. The van der Waals surface area contributed by atoms with E-state index in [0.29, 0.717) is 6.61 Å². The Morgan fingerprint density at radius 2 is 1.78 bits per heavy atom. The molecule has 23 heavy (non-hydrogen) atoms. The fraction of sp³-hybridized carbons (Fsp3) is 0.889. The summed E-state index contributed by atoms with van der Waals surface area (Å²) in [5, 5.41) is 28.4. The molecule has 1 heterocycles. The van der Waals surface area contributed by atoms with Crippen molar-refractivity contribution in [2.75, 3.05) is 19.8 Å². The lowest BCUT2D eigenvalue weighted by atomic mass is 10.1. The van der Waals surface area contributed by atoms with Gasteiger partial charge >= 0.3 is 0 Å². The third-order valence-corrected chi connectivity index (χ3v) is 4.32. The maximum Gasteiger partial charge on any atom is 0.114 e. The molecule has 1 rings (SSSR count). The van der Waals surface area contributed by atoms with Crippen molar-refractivity contribution in [1.29, 1.82) is 0 Å². The van der Waals surface area contributed by atoms with Gasteiger partial charge in [-0.05, 0) is 26.2 Å². The van der Waals surface area contributed by atoms with E-state index < -0.39 is 31.0 Å². The first kappa shape index (κ1) is 20.6. The largest absolute Gasteiger partial charge is 0.394 e. The number of rotatable bonds is 13. The highest BCUT2D eigenvalue weighted by atomic mass is 16.6. The van der Waals surface area contributed by atoms with Gasteiger partial charge in [-0.2, -0.15) is 0 Å². The van der Waals surface area contributed by atoms with Gasteiger partial charge in [0.2, 0.25) is 0 Å². The Balaban J connectivity index is 1.93. The Bertz CT molecular complexity index is 308. The first-order valence-electron chi connectivity index (χ1n) is 9.02. The number of unbranched alkanes of at least 4 members (excludes halogenated alkanes) is 7. The summed E-state index contributed by atoms with van der Waals surface area (Å²) >= 11 is 0. The molecule has 0 aromatic carbocycles. The summed E-state index contributed by atoms with van der Waals surface area (Å²) < 4.78 is 10.9.